The van der Waals surface area contributed by atoms with Crippen LogP contribution in [-0.4, -0.2) is 13.1 Å². The Labute approximate surface area is 85.2 Å². The van der Waals surface area contributed by atoms with Crippen molar-refractivity contribution >= 4 is 11.3 Å². The number of unbranched alkanes of at least 4 members (excludes halogenated alkanes) is 1. The van der Waals surface area contributed by atoms with Crippen molar-refractivity contribution in [3.63, 3.8) is 0 Å². The van der Waals surface area contributed by atoms with Gasteiger partial charge >= 0.3 is 0 Å². The van der Waals surface area contributed by atoms with Crippen molar-refractivity contribution in [2.24, 2.45) is 0 Å². The van der Waals surface area contributed by atoms with Gasteiger partial charge in [0.2, 0.25) is 0 Å². The molecule has 1 nitrogen and oxygen atoms in total. The molecule has 0 aromatic carbocycles. The van der Waals surface area contributed by atoms with Gasteiger partial charge in [-0.05, 0) is 51.4 Å². The fourth-order valence-corrected chi connectivity index (χ4v) is 2.28. The average Bonchev–Trinajstić information content (AvgIpc) is 2.51. The highest BCUT2D eigenvalue weighted by atomic mass is 32.1. The number of nitrogens with one attached hydrogen (secondary N) is 1. The van der Waals surface area contributed by atoms with Gasteiger partial charge in [0.25, 0.3) is 0 Å². The maximum atomic E-state index is 3.34. The smallest absolute Gasteiger partial charge is 0.00480 e. The molecule has 0 saturated heterocycles. The summed E-state index contributed by atoms with van der Waals surface area (Å²) in [6.07, 6.45) is 3.86. The van der Waals surface area contributed by atoms with E-state index in [2.05, 4.69) is 31.3 Å². The zero-order valence-electron chi connectivity index (χ0n) is 8.60. The lowest BCUT2D eigenvalue weighted by Gasteiger charge is -1.99. The summed E-state index contributed by atoms with van der Waals surface area (Å²) in [4.78, 5) is 2.97. The predicted molar refractivity (Wildman–Crippen MR) is 60.5 cm³/mol. The molecule has 1 N–H and O–H groups in total. The summed E-state index contributed by atoms with van der Waals surface area (Å²) >= 11 is 1.93. The van der Waals surface area contributed by atoms with E-state index in [1.807, 2.05) is 11.3 Å². The van der Waals surface area contributed by atoms with Crippen LogP contribution in [0, 0.1) is 6.92 Å². The van der Waals surface area contributed by atoms with Crippen molar-refractivity contribution in [1.82, 2.24) is 5.32 Å². The Hall–Kier alpha value is -0.340. The first kappa shape index (κ1) is 10.7. The second kappa shape index (κ2) is 6.17. The summed E-state index contributed by atoms with van der Waals surface area (Å²) in [5, 5.41) is 3.34. The van der Waals surface area contributed by atoms with Crippen LogP contribution in [0.2, 0.25) is 0 Å². The van der Waals surface area contributed by atoms with Crippen molar-refractivity contribution < 1.29 is 0 Å². The van der Waals surface area contributed by atoms with E-state index < -0.39 is 0 Å². The molecule has 74 valence electrons. The van der Waals surface area contributed by atoms with Crippen molar-refractivity contribution in [3.05, 3.63) is 21.9 Å². The molecular formula is C11H19NS. The maximum Gasteiger partial charge on any atom is 0.00480 e. The second-order valence-corrected chi connectivity index (χ2v) is 4.70. The molecule has 0 spiro atoms. The summed E-state index contributed by atoms with van der Waals surface area (Å²) in [6, 6.07) is 4.47. The van der Waals surface area contributed by atoms with Gasteiger partial charge < -0.3 is 5.32 Å². The van der Waals surface area contributed by atoms with Gasteiger partial charge in [0.1, 0.15) is 0 Å². The van der Waals surface area contributed by atoms with Gasteiger partial charge in [0.05, 0.1) is 0 Å². The quantitative estimate of drug-likeness (QED) is 0.691. The molecule has 0 amide bonds. The average molecular weight is 197 g/mol. The van der Waals surface area contributed by atoms with Crippen LogP contribution in [0.25, 0.3) is 0 Å². The number of hydrogen-bond acceptors (Lipinski definition) is 2. The van der Waals surface area contributed by atoms with Gasteiger partial charge in [0.15, 0.2) is 0 Å². The SMILES string of the molecule is CCNCCCCc1ccc(C)s1. The zero-order chi connectivity index (χ0) is 9.52. The lowest BCUT2D eigenvalue weighted by atomic mass is 10.2. The highest BCUT2D eigenvalue weighted by Gasteiger charge is 1.95. The van der Waals surface area contributed by atoms with Crippen LogP contribution in [0.5, 0.6) is 0 Å². The minimum absolute atomic E-state index is 1.10. The van der Waals surface area contributed by atoms with Crippen molar-refractivity contribution in [2.75, 3.05) is 13.1 Å². The minimum Gasteiger partial charge on any atom is -0.317 e. The molecule has 0 bridgehead atoms. The molecule has 0 aliphatic carbocycles. The summed E-state index contributed by atoms with van der Waals surface area (Å²) in [5.41, 5.74) is 0. The van der Waals surface area contributed by atoms with Crippen LogP contribution >= 0.6 is 11.3 Å². The summed E-state index contributed by atoms with van der Waals surface area (Å²) in [6.45, 7) is 6.59. The lowest BCUT2D eigenvalue weighted by Crippen LogP contribution is -2.13. The highest BCUT2D eigenvalue weighted by molar-refractivity contribution is 7.11. The molecule has 0 saturated carbocycles. The van der Waals surface area contributed by atoms with Crippen molar-refractivity contribution in [1.29, 1.82) is 0 Å². The van der Waals surface area contributed by atoms with Gasteiger partial charge in [-0.2, -0.15) is 0 Å². The van der Waals surface area contributed by atoms with Gasteiger partial charge in [-0.25, -0.2) is 0 Å². The van der Waals surface area contributed by atoms with Crippen molar-refractivity contribution in [3.8, 4) is 0 Å². The lowest BCUT2D eigenvalue weighted by molar-refractivity contribution is 0.643. The topological polar surface area (TPSA) is 12.0 Å². The minimum atomic E-state index is 1.10. The molecule has 1 rings (SSSR count). The molecule has 0 unspecified atom stereocenters. The van der Waals surface area contributed by atoms with E-state index in [9.17, 15) is 0 Å². The Morgan fingerprint density at radius 1 is 1.31 bits per heavy atom. The maximum absolute atomic E-state index is 3.34. The van der Waals surface area contributed by atoms with Crippen LogP contribution in [0.15, 0.2) is 12.1 Å². The van der Waals surface area contributed by atoms with E-state index in [4.69, 9.17) is 0 Å². The summed E-state index contributed by atoms with van der Waals surface area (Å²) in [5.74, 6) is 0. The number of rotatable bonds is 6. The van der Waals surface area contributed by atoms with Gasteiger partial charge in [-0.15, -0.1) is 11.3 Å². The molecule has 1 heterocycles. The third kappa shape index (κ3) is 4.44. The van der Waals surface area contributed by atoms with Crippen LogP contribution in [0.4, 0.5) is 0 Å². The van der Waals surface area contributed by atoms with E-state index in [0.29, 0.717) is 0 Å². The number of aryl methyl sites for hydroxylation is 2. The largest absolute Gasteiger partial charge is 0.317 e. The van der Waals surface area contributed by atoms with Crippen LogP contribution in [0.1, 0.15) is 29.5 Å². The first-order valence-electron chi connectivity index (χ1n) is 5.09. The van der Waals surface area contributed by atoms with E-state index in [0.717, 1.165) is 6.54 Å². The summed E-state index contributed by atoms with van der Waals surface area (Å²) < 4.78 is 0. The van der Waals surface area contributed by atoms with Gasteiger partial charge in [-0.1, -0.05) is 6.92 Å². The molecule has 0 fully saturated rings. The zero-order valence-corrected chi connectivity index (χ0v) is 9.41. The fourth-order valence-electron chi connectivity index (χ4n) is 1.35. The highest BCUT2D eigenvalue weighted by Crippen LogP contribution is 2.16. The molecular weight excluding hydrogens is 178 g/mol. The molecule has 0 radical (unpaired) electrons. The molecule has 13 heavy (non-hydrogen) atoms. The Bertz CT molecular complexity index is 230. The van der Waals surface area contributed by atoms with Crippen LogP contribution in [-0.2, 0) is 6.42 Å². The standard InChI is InChI=1S/C11H19NS/c1-3-12-9-5-4-6-11-8-7-10(2)13-11/h7-8,12H,3-6,9H2,1-2H3. The van der Waals surface area contributed by atoms with E-state index in [-0.39, 0.29) is 0 Å². The third-order valence-corrected chi connectivity index (χ3v) is 3.13. The van der Waals surface area contributed by atoms with Gasteiger partial charge in [-0.3, -0.25) is 0 Å². The molecule has 0 aliphatic rings. The van der Waals surface area contributed by atoms with Crippen molar-refractivity contribution in [2.45, 2.75) is 33.1 Å². The fraction of sp³-hybridized carbons (Fsp3) is 0.636. The normalized spacial score (nSPS) is 10.6. The number of thiophene rings is 1. The van der Waals surface area contributed by atoms with E-state index in [1.165, 1.54) is 35.6 Å². The Balaban J connectivity index is 2.06. The van der Waals surface area contributed by atoms with E-state index in [1.54, 1.807) is 0 Å². The molecule has 0 aliphatic heterocycles. The summed E-state index contributed by atoms with van der Waals surface area (Å²) in [7, 11) is 0. The molecule has 1 aromatic heterocycles. The van der Waals surface area contributed by atoms with Crippen LogP contribution in [0.3, 0.4) is 0 Å². The molecule has 2 heteroatoms. The number of hydrogen-bond donors (Lipinski definition) is 1. The molecule has 1 aromatic rings. The first-order valence-corrected chi connectivity index (χ1v) is 5.90. The monoisotopic (exact) mass is 197 g/mol. The Kier molecular flexibility index (Phi) is 5.09. The Morgan fingerprint density at radius 2 is 2.15 bits per heavy atom. The molecule has 0 atom stereocenters. The predicted octanol–water partition coefficient (Wildman–Crippen LogP) is 2.99. The Morgan fingerprint density at radius 3 is 2.77 bits per heavy atom. The first-order chi connectivity index (χ1) is 6.33. The third-order valence-electron chi connectivity index (χ3n) is 2.07. The van der Waals surface area contributed by atoms with Gasteiger partial charge in [0, 0.05) is 9.75 Å². The second-order valence-electron chi connectivity index (χ2n) is 3.32. The van der Waals surface area contributed by atoms with Crippen LogP contribution < -0.4 is 5.32 Å². The van der Waals surface area contributed by atoms with E-state index >= 15 is 0 Å².